The second-order valence-corrected chi connectivity index (χ2v) is 4.83. The van der Waals surface area contributed by atoms with Gasteiger partial charge in [0.1, 0.15) is 11.5 Å². The molecule has 3 aromatic rings. The lowest BCUT2D eigenvalue weighted by atomic mass is 10.1. The molecule has 1 N–H and O–H groups in total. The molecule has 1 aliphatic carbocycles. The first-order chi connectivity index (χ1) is 10.3. The van der Waals surface area contributed by atoms with Crippen LogP contribution in [0.15, 0.2) is 65.9 Å². The van der Waals surface area contributed by atoms with E-state index in [4.69, 9.17) is 0 Å². The van der Waals surface area contributed by atoms with E-state index in [9.17, 15) is 4.79 Å². The first kappa shape index (κ1) is 11.8. The molecule has 4 heteroatoms. The highest BCUT2D eigenvalue weighted by molar-refractivity contribution is 6.59. The van der Waals surface area contributed by atoms with Gasteiger partial charge in [0.25, 0.3) is 0 Å². The van der Waals surface area contributed by atoms with Gasteiger partial charge in [0.15, 0.2) is 0 Å². The van der Waals surface area contributed by atoms with E-state index in [1.54, 1.807) is 12.3 Å². The molecule has 2 aromatic carbocycles. The molecule has 0 bridgehead atoms. The van der Waals surface area contributed by atoms with Gasteiger partial charge < -0.3 is 0 Å². The Bertz CT molecular complexity index is 880. The van der Waals surface area contributed by atoms with Crippen molar-refractivity contribution in [3.05, 3.63) is 71.9 Å². The van der Waals surface area contributed by atoms with Crippen molar-refractivity contribution in [1.29, 1.82) is 0 Å². The molecule has 1 aliphatic rings. The van der Waals surface area contributed by atoms with Crippen LogP contribution in [0.2, 0.25) is 0 Å². The Morgan fingerprint density at radius 2 is 1.71 bits per heavy atom. The summed E-state index contributed by atoms with van der Waals surface area (Å²) in [5.74, 6) is 0.561. The maximum Gasteiger partial charge on any atom is 0.214 e. The Morgan fingerprint density at radius 1 is 0.905 bits per heavy atom. The van der Waals surface area contributed by atoms with Crippen molar-refractivity contribution in [2.75, 3.05) is 5.43 Å². The molecule has 21 heavy (non-hydrogen) atoms. The van der Waals surface area contributed by atoms with Gasteiger partial charge in [0.2, 0.25) is 5.78 Å². The average Bonchev–Trinajstić information content (AvgIpc) is 2.81. The number of hydrogen-bond acceptors (Lipinski definition) is 4. The van der Waals surface area contributed by atoms with Gasteiger partial charge in [0, 0.05) is 22.7 Å². The number of hydrazone groups is 1. The Morgan fingerprint density at radius 3 is 2.48 bits per heavy atom. The quantitative estimate of drug-likeness (QED) is 0.729. The number of anilines is 1. The van der Waals surface area contributed by atoms with Gasteiger partial charge in [-0.05, 0) is 17.5 Å². The number of pyridine rings is 1. The van der Waals surface area contributed by atoms with Gasteiger partial charge >= 0.3 is 0 Å². The molecule has 0 atom stereocenters. The Balaban J connectivity index is 1.82. The topological polar surface area (TPSA) is 54.4 Å². The zero-order valence-electron chi connectivity index (χ0n) is 11.1. The molecule has 4 nitrogen and oxygen atoms in total. The predicted molar refractivity (Wildman–Crippen MR) is 82.7 cm³/mol. The van der Waals surface area contributed by atoms with Gasteiger partial charge in [-0.3, -0.25) is 10.2 Å². The number of carbonyl (C=O) groups is 1. The number of benzene rings is 2. The summed E-state index contributed by atoms with van der Waals surface area (Å²) in [5, 5.41) is 6.30. The van der Waals surface area contributed by atoms with Crippen LogP contribution in [-0.4, -0.2) is 16.5 Å². The zero-order valence-corrected chi connectivity index (χ0v) is 11.1. The van der Waals surface area contributed by atoms with Gasteiger partial charge in [-0.15, -0.1) is 0 Å². The van der Waals surface area contributed by atoms with Gasteiger partial charge in [-0.1, -0.05) is 42.5 Å². The third-order valence-corrected chi connectivity index (χ3v) is 3.57. The lowest BCUT2D eigenvalue weighted by molar-refractivity contribution is 0.107. The lowest BCUT2D eigenvalue weighted by Gasteiger charge is -2.01. The van der Waals surface area contributed by atoms with Gasteiger partial charge in [0.05, 0.1) is 0 Å². The zero-order chi connectivity index (χ0) is 14.2. The molecule has 1 aromatic heterocycles. The van der Waals surface area contributed by atoms with Crippen molar-refractivity contribution in [1.82, 2.24) is 4.98 Å². The summed E-state index contributed by atoms with van der Waals surface area (Å²) >= 11 is 0. The summed E-state index contributed by atoms with van der Waals surface area (Å²) in [5.41, 5.74) is 4.87. The number of nitrogens with zero attached hydrogens (tertiary/aromatic N) is 2. The second-order valence-electron chi connectivity index (χ2n) is 4.83. The number of Topliss-reactive ketones (excluding diaryl/α,β-unsaturated/α-hetero) is 1. The molecule has 0 amide bonds. The fourth-order valence-corrected chi connectivity index (χ4v) is 2.63. The van der Waals surface area contributed by atoms with E-state index in [-0.39, 0.29) is 5.78 Å². The van der Waals surface area contributed by atoms with E-state index >= 15 is 0 Å². The monoisotopic (exact) mass is 273 g/mol. The van der Waals surface area contributed by atoms with E-state index < -0.39 is 0 Å². The number of nitrogens with one attached hydrogen (secondary N) is 1. The fraction of sp³-hybridized carbons (Fsp3) is 0. The molecule has 0 spiro atoms. The van der Waals surface area contributed by atoms with Crippen molar-refractivity contribution in [3.8, 4) is 0 Å². The second kappa shape index (κ2) is 4.52. The normalized spacial score (nSPS) is 14.9. The molecule has 100 valence electrons. The maximum absolute atomic E-state index is 12.5. The van der Waals surface area contributed by atoms with Crippen molar-refractivity contribution >= 4 is 28.1 Å². The van der Waals surface area contributed by atoms with Crippen LogP contribution in [0.25, 0.3) is 10.8 Å². The molecule has 0 fully saturated rings. The van der Waals surface area contributed by atoms with E-state index in [2.05, 4.69) is 15.5 Å². The molecule has 4 rings (SSSR count). The summed E-state index contributed by atoms with van der Waals surface area (Å²) in [7, 11) is 0. The number of carbonyl (C=O) groups excluding carboxylic acids is 1. The van der Waals surface area contributed by atoms with Crippen molar-refractivity contribution in [3.63, 3.8) is 0 Å². The van der Waals surface area contributed by atoms with Crippen LogP contribution in [-0.2, 0) is 0 Å². The molecule has 0 aliphatic heterocycles. The van der Waals surface area contributed by atoms with Gasteiger partial charge in [-0.25, -0.2) is 4.98 Å². The van der Waals surface area contributed by atoms with Crippen LogP contribution in [0.5, 0.6) is 0 Å². The predicted octanol–water partition coefficient (Wildman–Crippen LogP) is 3.25. The maximum atomic E-state index is 12.5. The van der Waals surface area contributed by atoms with Crippen LogP contribution in [0.4, 0.5) is 5.82 Å². The SMILES string of the molecule is O=C1/C(=N\Nc2ccccn2)c2cccc3cccc1c23. The Labute approximate surface area is 121 Å². The largest absolute Gasteiger partial charge is 0.287 e. The molecular weight excluding hydrogens is 262 g/mol. The number of rotatable bonds is 2. The molecule has 0 radical (unpaired) electrons. The smallest absolute Gasteiger partial charge is 0.214 e. The summed E-state index contributed by atoms with van der Waals surface area (Å²) in [6.07, 6.45) is 1.68. The third kappa shape index (κ3) is 1.80. The first-order valence-electron chi connectivity index (χ1n) is 6.66. The highest BCUT2D eigenvalue weighted by Gasteiger charge is 2.28. The van der Waals surface area contributed by atoms with E-state index in [1.165, 1.54) is 0 Å². The molecular formula is C17H11N3O. The van der Waals surface area contributed by atoms with Crippen LogP contribution in [0, 0.1) is 0 Å². The summed E-state index contributed by atoms with van der Waals surface area (Å²) in [6, 6.07) is 17.1. The molecule has 1 heterocycles. The van der Waals surface area contributed by atoms with Crippen molar-refractivity contribution in [2.45, 2.75) is 0 Å². The average molecular weight is 273 g/mol. The Hall–Kier alpha value is -3.01. The summed E-state index contributed by atoms with van der Waals surface area (Å²) in [4.78, 5) is 16.6. The number of hydrogen-bond donors (Lipinski definition) is 1. The lowest BCUT2D eigenvalue weighted by Crippen LogP contribution is -2.11. The molecule has 0 unspecified atom stereocenters. The van der Waals surface area contributed by atoms with E-state index in [0.29, 0.717) is 17.1 Å². The molecule has 0 saturated heterocycles. The number of aromatic nitrogens is 1. The van der Waals surface area contributed by atoms with Gasteiger partial charge in [-0.2, -0.15) is 5.10 Å². The van der Waals surface area contributed by atoms with Crippen molar-refractivity contribution in [2.24, 2.45) is 5.10 Å². The highest BCUT2D eigenvalue weighted by Crippen LogP contribution is 2.30. The van der Waals surface area contributed by atoms with Crippen LogP contribution >= 0.6 is 0 Å². The fourth-order valence-electron chi connectivity index (χ4n) is 2.63. The van der Waals surface area contributed by atoms with E-state index in [1.807, 2.05) is 48.5 Å². The minimum absolute atomic E-state index is 0.0507. The van der Waals surface area contributed by atoms with Crippen LogP contribution in [0.1, 0.15) is 15.9 Å². The summed E-state index contributed by atoms with van der Waals surface area (Å²) in [6.45, 7) is 0. The highest BCUT2D eigenvalue weighted by atomic mass is 16.1. The number of ketones is 1. The van der Waals surface area contributed by atoms with Crippen LogP contribution < -0.4 is 5.43 Å². The summed E-state index contributed by atoms with van der Waals surface area (Å²) < 4.78 is 0. The molecule has 0 saturated carbocycles. The minimum Gasteiger partial charge on any atom is -0.287 e. The Kier molecular flexibility index (Phi) is 2.54. The minimum atomic E-state index is -0.0507. The third-order valence-electron chi connectivity index (χ3n) is 3.57. The van der Waals surface area contributed by atoms with Crippen LogP contribution in [0.3, 0.4) is 0 Å². The first-order valence-corrected chi connectivity index (χ1v) is 6.66. The standard InChI is InChI=1S/C17H11N3O/c21-17-13-8-4-6-11-5-3-7-12(15(11)13)16(17)20-19-14-9-1-2-10-18-14/h1-10H,(H,18,19)/b20-16-. The van der Waals surface area contributed by atoms with E-state index in [0.717, 1.165) is 16.3 Å². The van der Waals surface area contributed by atoms with Crippen molar-refractivity contribution < 1.29 is 4.79 Å².